The number of esters is 1. The van der Waals surface area contributed by atoms with Gasteiger partial charge in [-0.05, 0) is 62.5 Å². The van der Waals surface area contributed by atoms with Crippen LogP contribution in [-0.2, 0) is 14.3 Å². The third-order valence-electron chi connectivity index (χ3n) is 6.42. The van der Waals surface area contributed by atoms with Gasteiger partial charge in [-0.25, -0.2) is 0 Å². The normalized spacial score (nSPS) is 32.7. The number of alkyl halides is 1. The second-order valence-electron chi connectivity index (χ2n) is 8.59. The van der Waals surface area contributed by atoms with Crippen LogP contribution in [0, 0.1) is 17.3 Å². The summed E-state index contributed by atoms with van der Waals surface area (Å²) in [6.45, 7) is -0.306. The third-order valence-corrected chi connectivity index (χ3v) is 6.87. The van der Waals surface area contributed by atoms with Crippen molar-refractivity contribution >= 4 is 29.2 Å². The van der Waals surface area contributed by atoms with Crippen LogP contribution in [0.25, 0.3) is 0 Å². The minimum Gasteiger partial charge on any atom is -0.493 e. The summed E-state index contributed by atoms with van der Waals surface area (Å²) >= 11 is 6.78. The van der Waals surface area contributed by atoms with E-state index in [1.54, 1.807) is 25.3 Å². The van der Waals surface area contributed by atoms with E-state index in [-0.39, 0.29) is 23.4 Å². The van der Waals surface area contributed by atoms with Gasteiger partial charge in [-0.15, -0.1) is 11.6 Å². The number of carbonyl (C=O) groups is 2. The first-order valence-corrected chi connectivity index (χ1v) is 10.1. The number of hydrogen-bond acceptors (Lipinski definition) is 5. The van der Waals surface area contributed by atoms with Gasteiger partial charge in [-0.2, -0.15) is 0 Å². The number of amides is 1. The molecule has 1 amide bonds. The predicted octanol–water partition coefficient (Wildman–Crippen LogP) is 3.76. The van der Waals surface area contributed by atoms with Gasteiger partial charge in [-0.1, -0.05) is 0 Å². The second-order valence-corrected chi connectivity index (χ2v) is 9.39. The van der Waals surface area contributed by atoms with Crippen LogP contribution in [0.4, 0.5) is 5.69 Å². The van der Waals surface area contributed by atoms with Crippen LogP contribution in [0.1, 0.15) is 38.5 Å². The Balaban J connectivity index is 1.36. The number of methoxy groups -OCH3 is 2. The quantitative estimate of drug-likeness (QED) is 0.574. The maximum Gasteiger partial charge on any atom is 0.312 e. The van der Waals surface area contributed by atoms with Crippen LogP contribution in [0.3, 0.4) is 0 Å². The van der Waals surface area contributed by atoms with Gasteiger partial charge >= 0.3 is 5.97 Å². The molecule has 152 valence electrons. The topological polar surface area (TPSA) is 73.9 Å². The van der Waals surface area contributed by atoms with E-state index in [0.29, 0.717) is 35.4 Å². The first kappa shape index (κ1) is 19.4. The summed E-state index contributed by atoms with van der Waals surface area (Å²) in [5, 5.41) is 2.73. The first-order valence-electron chi connectivity index (χ1n) is 9.73. The molecule has 6 nitrogen and oxygen atoms in total. The molecule has 4 fully saturated rings. The van der Waals surface area contributed by atoms with Crippen molar-refractivity contribution in [1.82, 2.24) is 0 Å². The van der Waals surface area contributed by atoms with Gasteiger partial charge in [0.1, 0.15) is 0 Å². The van der Waals surface area contributed by atoms with Gasteiger partial charge in [-0.3, -0.25) is 9.59 Å². The van der Waals surface area contributed by atoms with Crippen LogP contribution in [0.15, 0.2) is 18.2 Å². The smallest absolute Gasteiger partial charge is 0.312 e. The Bertz CT molecular complexity index is 781. The predicted molar refractivity (Wildman–Crippen MR) is 105 cm³/mol. The molecule has 4 aliphatic rings. The Morgan fingerprint density at radius 3 is 2.39 bits per heavy atom. The lowest BCUT2D eigenvalue weighted by Crippen LogP contribution is -2.56. The second kappa shape index (κ2) is 7.14. The van der Waals surface area contributed by atoms with Crippen molar-refractivity contribution < 1.29 is 23.8 Å². The highest BCUT2D eigenvalue weighted by molar-refractivity contribution is 6.24. The summed E-state index contributed by atoms with van der Waals surface area (Å²) in [6, 6.07) is 5.07. The largest absolute Gasteiger partial charge is 0.493 e. The standard InChI is InChI=1S/C21H26ClNO5/c1-26-16-4-3-15(6-17(16)27-2)23-18(24)11-28-19(25)20-7-13-5-14(8-20)10-21(22,9-13)12-20/h3-4,6,13-14H,5,7-12H2,1-2H3,(H,23,24)/t13-,14-,20?,21?/m1/s1. The van der Waals surface area contributed by atoms with E-state index in [1.807, 2.05) is 0 Å². The van der Waals surface area contributed by atoms with Crippen molar-refractivity contribution in [2.75, 3.05) is 26.1 Å². The van der Waals surface area contributed by atoms with E-state index in [2.05, 4.69) is 5.32 Å². The van der Waals surface area contributed by atoms with Gasteiger partial charge in [0, 0.05) is 16.6 Å². The summed E-state index contributed by atoms with van der Waals surface area (Å²) in [5.74, 6) is 1.45. The van der Waals surface area contributed by atoms with E-state index < -0.39 is 5.41 Å². The summed E-state index contributed by atoms with van der Waals surface area (Å²) in [7, 11) is 3.07. The van der Waals surface area contributed by atoms with E-state index >= 15 is 0 Å². The molecule has 0 heterocycles. The number of benzene rings is 1. The molecule has 4 bridgehead atoms. The molecule has 2 atom stereocenters. The van der Waals surface area contributed by atoms with Crippen LogP contribution >= 0.6 is 11.6 Å². The molecule has 0 radical (unpaired) electrons. The van der Waals surface area contributed by atoms with Crippen molar-refractivity contribution in [3.63, 3.8) is 0 Å². The molecule has 1 N–H and O–H groups in total. The fourth-order valence-corrected chi connectivity index (χ4v) is 6.48. The monoisotopic (exact) mass is 407 g/mol. The molecular weight excluding hydrogens is 382 g/mol. The summed E-state index contributed by atoms with van der Waals surface area (Å²) in [4.78, 5) is 24.9. The number of nitrogens with one attached hydrogen (secondary N) is 1. The lowest BCUT2D eigenvalue weighted by molar-refractivity contribution is -0.171. The van der Waals surface area contributed by atoms with E-state index in [4.69, 9.17) is 25.8 Å². The van der Waals surface area contributed by atoms with Gasteiger partial charge in [0.2, 0.25) is 0 Å². The highest BCUT2D eigenvalue weighted by Gasteiger charge is 2.60. The van der Waals surface area contributed by atoms with Crippen molar-refractivity contribution in [2.45, 2.75) is 43.4 Å². The van der Waals surface area contributed by atoms with Crippen LogP contribution in [-0.4, -0.2) is 37.6 Å². The molecule has 4 aliphatic carbocycles. The van der Waals surface area contributed by atoms with Crippen LogP contribution in [0.2, 0.25) is 0 Å². The molecule has 5 rings (SSSR count). The Kier molecular flexibility index (Phi) is 4.94. The van der Waals surface area contributed by atoms with Gasteiger partial charge in [0.25, 0.3) is 5.91 Å². The maximum absolute atomic E-state index is 12.9. The highest BCUT2D eigenvalue weighted by atomic mass is 35.5. The minimum absolute atomic E-state index is 0.259. The van der Waals surface area contributed by atoms with Crippen LogP contribution < -0.4 is 14.8 Å². The number of hydrogen-bond donors (Lipinski definition) is 1. The zero-order valence-electron chi connectivity index (χ0n) is 16.3. The van der Waals surface area contributed by atoms with Gasteiger partial charge in [0.15, 0.2) is 18.1 Å². The molecule has 0 unspecified atom stereocenters. The third kappa shape index (κ3) is 3.54. The fourth-order valence-electron chi connectivity index (χ4n) is 5.78. The molecule has 0 spiro atoms. The van der Waals surface area contributed by atoms with Crippen molar-refractivity contribution in [1.29, 1.82) is 0 Å². The summed E-state index contributed by atoms with van der Waals surface area (Å²) in [6.07, 6.45) is 5.52. The summed E-state index contributed by atoms with van der Waals surface area (Å²) < 4.78 is 15.9. The molecule has 0 saturated heterocycles. The molecule has 0 aliphatic heterocycles. The Labute approximate surface area is 169 Å². The number of anilines is 1. The first-order chi connectivity index (χ1) is 13.3. The number of rotatable bonds is 6. The number of ether oxygens (including phenoxy) is 3. The van der Waals surface area contributed by atoms with Crippen LogP contribution in [0.5, 0.6) is 11.5 Å². The highest BCUT2D eigenvalue weighted by Crippen LogP contribution is 2.64. The summed E-state index contributed by atoms with van der Waals surface area (Å²) in [5.41, 5.74) is 0.0448. The molecular formula is C21H26ClNO5. The maximum atomic E-state index is 12.9. The van der Waals surface area contributed by atoms with Gasteiger partial charge < -0.3 is 19.5 Å². The minimum atomic E-state index is -0.505. The van der Waals surface area contributed by atoms with E-state index in [1.165, 1.54) is 13.5 Å². The molecule has 0 aromatic heterocycles. The zero-order chi connectivity index (χ0) is 19.9. The average Bonchev–Trinajstić information content (AvgIpc) is 2.64. The number of carbonyl (C=O) groups excluding carboxylic acids is 2. The average molecular weight is 408 g/mol. The van der Waals surface area contributed by atoms with E-state index in [9.17, 15) is 9.59 Å². The molecule has 4 saturated carbocycles. The van der Waals surface area contributed by atoms with Crippen molar-refractivity contribution in [3.05, 3.63) is 18.2 Å². The molecule has 1 aromatic rings. The van der Waals surface area contributed by atoms with Crippen molar-refractivity contribution in [2.24, 2.45) is 17.3 Å². The Morgan fingerprint density at radius 2 is 1.79 bits per heavy atom. The van der Waals surface area contributed by atoms with Crippen molar-refractivity contribution in [3.8, 4) is 11.5 Å². The van der Waals surface area contributed by atoms with E-state index in [0.717, 1.165) is 25.7 Å². The SMILES string of the molecule is COc1ccc(NC(=O)COC(=O)C23C[C@H]4C[C@@H](CC(Cl)(C4)C2)C3)cc1OC. The van der Waals surface area contributed by atoms with Gasteiger partial charge in [0.05, 0.1) is 19.6 Å². The lowest BCUT2D eigenvalue weighted by atomic mass is 9.49. The fraction of sp³-hybridized carbons (Fsp3) is 0.619. The molecule has 7 heteroatoms. The molecule has 28 heavy (non-hydrogen) atoms. The lowest BCUT2D eigenvalue weighted by Gasteiger charge is -2.58. The zero-order valence-corrected chi connectivity index (χ0v) is 17.0. The Hall–Kier alpha value is -1.95. The Morgan fingerprint density at radius 1 is 1.11 bits per heavy atom. The molecule has 1 aromatic carbocycles. The number of halogens is 1.